The van der Waals surface area contributed by atoms with Crippen LogP contribution in [0, 0.1) is 5.92 Å². The number of nitrogens with one attached hydrogen (secondary N) is 1. The van der Waals surface area contributed by atoms with E-state index < -0.39 is 23.2 Å². The van der Waals surface area contributed by atoms with Crippen LogP contribution in [0.5, 0.6) is 0 Å². The highest BCUT2D eigenvalue weighted by Gasteiger charge is 2.69. The highest BCUT2D eigenvalue weighted by Crippen LogP contribution is 2.57. The lowest BCUT2D eigenvalue weighted by Gasteiger charge is -2.22. The number of aliphatic carboxylic acids is 1. The van der Waals surface area contributed by atoms with Crippen LogP contribution in [-0.4, -0.2) is 28.3 Å². The molecular formula is C16H21NO4. The largest absolute Gasteiger partial charge is 0.479 e. The number of amides is 1. The van der Waals surface area contributed by atoms with Crippen LogP contribution in [0.1, 0.15) is 39.2 Å². The van der Waals surface area contributed by atoms with E-state index in [1.165, 1.54) is 0 Å². The summed E-state index contributed by atoms with van der Waals surface area (Å²) in [6.07, 6.45) is -0.699. The van der Waals surface area contributed by atoms with Crippen molar-refractivity contribution in [1.29, 1.82) is 0 Å². The van der Waals surface area contributed by atoms with Crippen LogP contribution < -0.4 is 5.32 Å². The maximum absolute atomic E-state index is 11.9. The molecule has 0 aliphatic heterocycles. The standard InChI is InChI=1S/C16H21NO4/c1-10-12(11-8-6-5-7-9-11)16(10,13(18)19)17-14(20)21-15(2,3)4/h5-10,12H,1-4H3,(H,17,20)(H,18,19)/t10?,12?,16-/m0/s1. The molecule has 2 N–H and O–H groups in total. The van der Waals surface area contributed by atoms with Gasteiger partial charge in [0.05, 0.1) is 0 Å². The molecule has 1 amide bonds. The Kier molecular flexibility index (Phi) is 3.70. The quantitative estimate of drug-likeness (QED) is 0.898. The summed E-state index contributed by atoms with van der Waals surface area (Å²) in [4.78, 5) is 23.7. The Morgan fingerprint density at radius 2 is 1.81 bits per heavy atom. The lowest BCUT2D eigenvalue weighted by molar-refractivity contribution is -0.141. The number of carboxylic acids is 1. The molecule has 2 rings (SSSR count). The van der Waals surface area contributed by atoms with Gasteiger partial charge in [0.15, 0.2) is 5.54 Å². The van der Waals surface area contributed by atoms with Gasteiger partial charge in [-0.1, -0.05) is 37.3 Å². The van der Waals surface area contributed by atoms with Gasteiger partial charge in [-0.15, -0.1) is 0 Å². The molecule has 1 fully saturated rings. The Bertz CT molecular complexity index is 549. The SMILES string of the molecule is CC1C(c2ccccc2)[C@]1(NC(=O)OC(C)(C)C)C(=O)O. The number of hydrogen-bond acceptors (Lipinski definition) is 3. The van der Waals surface area contributed by atoms with E-state index in [0.29, 0.717) is 0 Å². The fraction of sp³-hybridized carbons (Fsp3) is 0.500. The number of carboxylic acid groups (broad SMARTS) is 1. The zero-order valence-corrected chi connectivity index (χ0v) is 12.7. The van der Waals surface area contributed by atoms with Crippen molar-refractivity contribution < 1.29 is 19.4 Å². The Morgan fingerprint density at radius 3 is 2.29 bits per heavy atom. The molecule has 5 heteroatoms. The molecule has 1 aromatic carbocycles. The van der Waals surface area contributed by atoms with Crippen LogP contribution in [0.4, 0.5) is 4.79 Å². The Labute approximate surface area is 124 Å². The maximum Gasteiger partial charge on any atom is 0.408 e. The summed E-state index contributed by atoms with van der Waals surface area (Å²) in [7, 11) is 0. The molecule has 0 bridgehead atoms. The fourth-order valence-corrected chi connectivity index (χ4v) is 2.82. The molecule has 1 saturated carbocycles. The van der Waals surface area contributed by atoms with Crippen molar-refractivity contribution in [2.24, 2.45) is 5.92 Å². The van der Waals surface area contributed by atoms with E-state index >= 15 is 0 Å². The summed E-state index contributed by atoms with van der Waals surface area (Å²) in [6.45, 7) is 7.05. The summed E-state index contributed by atoms with van der Waals surface area (Å²) < 4.78 is 5.18. The summed E-state index contributed by atoms with van der Waals surface area (Å²) in [5.41, 5.74) is -1.04. The molecule has 0 saturated heterocycles. The molecule has 1 aliphatic carbocycles. The summed E-state index contributed by atoms with van der Waals surface area (Å²) >= 11 is 0. The van der Waals surface area contributed by atoms with E-state index in [9.17, 15) is 14.7 Å². The Balaban J connectivity index is 2.21. The smallest absolute Gasteiger partial charge is 0.408 e. The van der Waals surface area contributed by atoms with Gasteiger partial charge < -0.3 is 15.2 Å². The van der Waals surface area contributed by atoms with Crippen molar-refractivity contribution in [3.05, 3.63) is 35.9 Å². The van der Waals surface area contributed by atoms with Crippen LogP contribution >= 0.6 is 0 Å². The average molecular weight is 291 g/mol. The minimum Gasteiger partial charge on any atom is -0.479 e. The van der Waals surface area contributed by atoms with Crippen LogP contribution in [0.3, 0.4) is 0 Å². The molecule has 1 aliphatic rings. The molecule has 3 atom stereocenters. The zero-order valence-electron chi connectivity index (χ0n) is 12.7. The first kappa shape index (κ1) is 15.4. The third-order valence-electron chi connectivity index (χ3n) is 3.82. The van der Waals surface area contributed by atoms with Gasteiger partial charge >= 0.3 is 12.1 Å². The lowest BCUT2D eigenvalue weighted by Crippen LogP contribution is -2.47. The molecule has 21 heavy (non-hydrogen) atoms. The first-order valence-corrected chi connectivity index (χ1v) is 6.98. The molecule has 1 aromatic rings. The van der Waals surface area contributed by atoms with E-state index in [2.05, 4.69) is 5.32 Å². The topological polar surface area (TPSA) is 75.6 Å². The van der Waals surface area contributed by atoms with Crippen molar-refractivity contribution in [1.82, 2.24) is 5.32 Å². The summed E-state index contributed by atoms with van der Waals surface area (Å²) in [6, 6.07) is 9.35. The van der Waals surface area contributed by atoms with Crippen molar-refractivity contribution in [2.75, 3.05) is 0 Å². The second-order valence-corrected chi connectivity index (χ2v) is 6.48. The highest BCUT2D eigenvalue weighted by atomic mass is 16.6. The van der Waals surface area contributed by atoms with Crippen LogP contribution in [0.2, 0.25) is 0 Å². The highest BCUT2D eigenvalue weighted by molar-refractivity contribution is 5.90. The molecule has 114 valence electrons. The lowest BCUT2D eigenvalue weighted by atomic mass is 10.1. The van der Waals surface area contributed by atoms with Gasteiger partial charge in [-0.3, -0.25) is 0 Å². The second-order valence-electron chi connectivity index (χ2n) is 6.48. The third-order valence-corrected chi connectivity index (χ3v) is 3.82. The van der Waals surface area contributed by atoms with Gasteiger partial charge in [-0.2, -0.15) is 0 Å². The molecule has 0 aromatic heterocycles. The van der Waals surface area contributed by atoms with Gasteiger partial charge in [-0.05, 0) is 26.3 Å². The number of benzene rings is 1. The number of carbonyl (C=O) groups is 2. The molecule has 5 nitrogen and oxygen atoms in total. The monoisotopic (exact) mass is 291 g/mol. The predicted octanol–water partition coefficient (Wildman–Crippen LogP) is 2.77. The van der Waals surface area contributed by atoms with Gasteiger partial charge in [0.2, 0.25) is 0 Å². The minimum absolute atomic E-state index is 0.190. The summed E-state index contributed by atoms with van der Waals surface area (Å²) in [5, 5.41) is 12.1. The normalized spacial score (nSPS) is 27.8. The number of carbonyl (C=O) groups excluding carboxylic acids is 1. The predicted molar refractivity (Wildman–Crippen MR) is 78.1 cm³/mol. The van der Waals surface area contributed by atoms with Crippen LogP contribution in [0.15, 0.2) is 30.3 Å². The average Bonchev–Trinajstić information content (AvgIpc) is 2.94. The van der Waals surface area contributed by atoms with Crippen molar-refractivity contribution in [2.45, 2.75) is 44.8 Å². The Morgan fingerprint density at radius 1 is 1.24 bits per heavy atom. The second kappa shape index (κ2) is 5.06. The van der Waals surface area contributed by atoms with E-state index in [1.54, 1.807) is 20.8 Å². The van der Waals surface area contributed by atoms with Crippen molar-refractivity contribution >= 4 is 12.1 Å². The first-order valence-electron chi connectivity index (χ1n) is 6.98. The number of hydrogen-bond donors (Lipinski definition) is 2. The van der Waals surface area contributed by atoms with E-state index in [0.717, 1.165) is 5.56 Å². The minimum atomic E-state index is -1.29. The Hall–Kier alpha value is -2.04. The third kappa shape index (κ3) is 2.86. The van der Waals surface area contributed by atoms with E-state index in [-0.39, 0.29) is 11.8 Å². The summed E-state index contributed by atoms with van der Waals surface area (Å²) in [5.74, 6) is -1.47. The zero-order chi connectivity index (χ0) is 15.8. The molecule has 0 spiro atoms. The molecule has 0 heterocycles. The van der Waals surface area contributed by atoms with Gasteiger partial charge in [-0.25, -0.2) is 9.59 Å². The van der Waals surface area contributed by atoms with Gasteiger partial charge in [0.25, 0.3) is 0 Å². The van der Waals surface area contributed by atoms with E-state index in [1.807, 2.05) is 37.3 Å². The van der Waals surface area contributed by atoms with Gasteiger partial charge in [0, 0.05) is 11.8 Å². The van der Waals surface area contributed by atoms with Crippen molar-refractivity contribution in [3.8, 4) is 0 Å². The first-order chi connectivity index (χ1) is 9.68. The number of ether oxygens (including phenoxy) is 1. The van der Waals surface area contributed by atoms with Crippen LogP contribution in [-0.2, 0) is 9.53 Å². The fourth-order valence-electron chi connectivity index (χ4n) is 2.82. The maximum atomic E-state index is 11.9. The van der Waals surface area contributed by atoms with Crippen molar-refractivity contribution in [3.63, 3.8) is 0 Å². The van der Waals surface area contributed by atoms with E-state index in [4.69, 9.17) is 4.74 Å². The number of alkyl carbamates (subject to hydrolysis) is 1. The van der Waals surface area contributed by atoms with Crippen LogP contribution in [0.25, 0.3) is 0 Å². The molecule has 2 unspecified atom stereocenters. The number of rotatable bonds is 3. The molecule has 0 radical (unpaired) electrons. The van der Waals surface area contributed by atoms with Gasteiger partial charge in [0.1, 0.15) is 5.60 Å². The molecular weight excluding hydrogens is 270 g/mol.